The summed E-state index contributed by atoms with van der Waals surface area (Å²) in [6, 6.07) is 0. The van der Waals surface area contributed by atoms with E-state index in [9.17, 15) is 18.0 Å². The molecule has 0 aliphatic rings. The molecule has 0 atom stereocenters. The van der Waals surface area contributed by atoms with E-state index in [1.165, 1.54) is 4.40 Å². The fourth-order valence-corrected chi connectivity index (χ4v) is 3.92. The summed E-state index contributed by atoms with van der Waals surface area (Å²) in [6.45, 7) is 2.83. The second kappa shape index (κ2) is 11.7. The summed E-state index contributed by atoms with van der Waals surface area (Å²) in [7, 11) is 0. The van der Waals surface area contributed by atoms with E-state index in [0.29, 0.717) is 64.3 Å². The number of carboxylic acids is 1. The summed E-state index contributed by atoms with van der Waals surface area (Å²) < 4.78 is 41.0. The summed E-state index contributed by atoms with van der Waals surface area (Å²) in [5, 5.41) is 19.7. The van der Waals surface area contributed by atoms with Crippen LogP contribution >= 0.6 is 15.9 Å². The molecule has 5 aromatic heterocycles. The topological polar surface area (TPSA) is 183 Å². The molecule has 0 spiro atoms. The maximum atomic E-state index is 13.2. The molecule has 0 aliphatic heterocycles. The van der Waals surface area contributed by atoms with Crippen molar-refractivity contribution in [3.05, 3.63) is 45.4 Å². The monoisotopic (exact) mass is 612 g/mol. The van der Waals surface area contributed by atoms with E-state index >= 15 is 0 Å². The van der Waals surface area contributed by atoms with Crippen LogP contribution in [0.1, 0.15) is 37.9 Å². The van der Waals surface area contributed by atoms with Crippen molar-refractivity contribution in [3.63, 3.8) is 0 Å². The number of hydrogen-bond acceptors (Lipinski definition) is 10. The summed E-state index contributed by atoms with van der Waals surface area (Å²) in [5.74, 6) is -0.996. The molecule has 14 nitrogen and oxygen atoms in total. The minimum Gasteiger partial charge on any atom is -0.475 e. The minimum atomic E-state index is -5.08. The molecule has 5 rings (SSSR count). The van der Waals surface area contributed by atoms with Gasteiger partial charge in [0.05, 0.1) is 6.20 Å². The lowest BCUT2D eigenvalue weighted by Crippen LogP contribution is -2.21. The SMILES string of the molecule is CCCCCn1c2nc(Br)[nH]c2c(=O)n2c(CCc3nc(-c4cnccn4)no3)nnc12.O=C(O)C(F)(F)F. The molecular weight excluding hydrogens is 593 g/mol. The molecule has 0 bridgehead atoms. The van der Waals surface area contributed by atoms with Crippen molar-refractivity contribution in [2.45, 2.75) is 51.7 Å². The number of hydrogen-bond donors (Lipinski definition) is 2. The molecular formula is C21H20BrF3N10O4. The zero-order chi connectivity index (χ0) is 28.2. The predicted octanol–water partition coefficient (Wildman–Crippen LogP) is 2.98. The Morgan fingerprint density at radius 1 is 1.18 bits per heavy atom. The maximum absolute atomic E-state index is 13.2. The number of alkyl halides is 3. The molecule has 0 fully saturated rings. The van der Waals surface area contributed by atoms with Gasteiger partial charge in [-0.2, -0.15) is 18.2 Å². The van der Waals surface area contributed by atoms with Crippen LogP contribution in [0.5, 0.6) is 0 Å². The highest BCUT2D eigenvalue weighted by Gasteiger charge is 2.38. The molecule has 0 aromatic carbocycles. The van der Waals surface area contributed by atoms with Gasteiger partial charge in [0, 0.05) is 31.8 Å². The van der Waals surface area contributed by atoms with E-state index in [-0.39, 0.29) is 5.56 Å². The number of imidazole rings is 1. The highest BCUT2D eigenvalue weighted by Crippen LogP contribution is 2.18. The van der Waals surface area contributed by atoms with Crippen LogP contribution in [0.15, 0.2) is 32.6 Å². The predicted molar refractivity (Wildman–Crippen MR) is 131 cm³/mol. The van der Waals surface area contributed by atoms with Crippen LogP contribution in [-0.2, 0) is 24.2 Å². The van der Waals surface area contributed by atoms with Crippen LogP contribution < -0.4 is 5.56 Å². The molecule has 18 heteroatoms. The number of aryl methyl sites for hydroxylation is 3. The Morgan fingerprint density at radius 3 is 2.62 bits per heavy atom. The third kappa shape index (κ3) is 6.27. The number of nitrogens with one attached hydrogen (secondary N) is 1. The van der Waals surface area contributed by atoms with Crippen LogP contribution in [-0.4, -0.2) is 66.5 Å². The van der Waals surface area contributed by atoms with Crippen LogP contribution in [0.25, 0.3) is 28.5 Å². The van der Waals surface area contributed by atoms with Crippen LogP contribution in [0, 0.1) is 0 Å². The lowest BCUT2D eigenvalue weighted by molar-refractivity contribution is -0.192. The van der Waals surface area contributed by atoms with Gasteiger partial charge >= 0.3 is 12.1 Å². The van der Waals surface area contributed by atoms with Crippen molar-refractivity contribution in [2.75, 3.05) is 0 Å². The zero-order valence-electron chi connectivity index (χ0n) is 20.2. The second-order valence-electron chi connectivity index (χ2n) is 8.05. The first-order valence-corrected chi connectivity index (χ1v) is 12.3. The van der Waals surface area contributed by atoms with Gasteiger partial charge in [-0.3, -0.25) is 14.3 Å². The molecule has 0 saturated heterocycles. The van der Waals surface area contributed by atoms with Gasteiger partial charge in [0.15, 0.2) is 15.9 Å². The first-order chi connectivity index (χ1) is 18.6. The number of halogens is 4. The first-order valence-electron chi connectivity index (χ1n) is 11.5. The number of carbonyl (C=O) groups is 1. The van der Waals surface area contributed by atoms with Crippen molar-refractivity contribution in [1.29, 1.82) is 0 Å². The van der Waals surface area contributed by atoms with E-state index in [1.54, 1.807) is 18.6 Å². The largest absolute Gasteiger partial charge is 0.490 e. The van der Waals surface area contributed by atoms with Crippen LogP contribution in [0.4, 0.5) is 13.2 Å². The molecule has 0 saturated carbocycles. The highest BCUT2D eigenvalue weighted by atomic mass is 79.9. The van der Waals surface area contributed by atoms with Gasteiger partial charge in [-0.15, -0.1) is 10.2 Å². The Labute approximate surface area is 224 Å². The molecule has 0 unspecified atom stereocenters. The van der Waals surface area contributed by atoms with E-state index in [4.69, 9.17) is 14.4 Å². The molecule has 0 radical (unpaired) electrons. The Bertz CT molecular complexity index is 1640. The number of rotatable bonds is 8. The molecule has 39 heavy (non-hydrogen) atoms. The van der Waals surface area contributed by atoms with E-state index < -0.39 is 12.1 Å². The molecule has 206 valence electrons. The van der Waals surface area contributed by atoms with Crippen molar-refractivity contribution >= 4 is 38.8 Å². The normalized spacial score (nSPS) is 11.6. The van der Waals surface area contributed by atoms with Crippen molar-refractivity contribution in [1.82, 2.24) is 49.2 Å². The van der Waals surface area contributed by atoms with Gasteiger partial charge < -0.3 is 14.6 Å². The Kier molecular flexibility index (Phi) is 8.32. The fraction of sp³-hybridized carbons (Fsp3) is 0.381. The smallest absolute Gasteiger partial charge is 0.475 e. The maximum Gasteiger partial charge on any atom is 0.490 e. The number of nitrogens with zero attached hydrogens (tertiary/aromatic N) is 9. The lowest BCUT2D eigenvalue weighted by Gasteiger charge is -2.09. The third-order valence-corrected chi connectivity index (χ3v) is 5.71. The molecule has 5 aromatic rings. The number of fused-ring (bicyclic) bond motifs is 2. The van der Waals surface area contributed by atoms with Gasteiger partial charge in [-0.1, -0.05) is 24.9 Å². The number of unbranched alkanes of at least 4 members (excludes halogenated alkanes) is 2. The second-order valence-corrected chi connectivity index (χ2v) is 8.80. The van der Waals surface area contributed by atoms with Gasteiger partial charge in [0.2, 0.25) is 17.5 Å². The molecule has 5 heterocycles. The third-order valence-electron chi connectivity index (χ3n) is 5.33. The highest BCUT2D eigenvalue weighted by molar-refractivity contribution is 9.10. The Balaban J connectivity index is 0.000000448. The standard InChI is InChI=1S/C19H19BrN10O2.C2HF3O2/c1-2-3-4-9-29-16-14(24-18(20)25-16)17(31)30-12(26-27-19(29)30)5-6-13-23-15(28-32-13)11-10-21-7-8-22-11;3-2(4,5)1(6)7/h7-8,10H,2-6,9H2,1H3,(H,24,25);(H,6,7). The Morgan fingerprint density at radius 2 is 1.95 bits per heavy atom. The quantitative estimate of drug-likeness (QED) is 0.194. The summed E-state index contributed by atoms with van der Waals surface area (Å²) >= 11 is 3.34. The molecule has 2 N–H and O–H groups in total. The summed E-state index contributed by atoms with van der Waals surface area (Å²) in [6.07, 6.45) is 3.51. The first kappa shape index (κ1) is 27.8. The number of carboxylic acid groups (broad SMARTS) is 1. The van der Waals surface area contributed by atoms with Crippen molar-refractivity contribution in [3.8, 4) is 11.5 Å². The average Bonchev–Trinajstić information content (AvgIpc) is 3.64. The average molecular weight is 613 g/mol. The minimum absolute atomic E-state index is 0.245. The summed E-state index contributed by atoms with van der Waals surface area (Å²) in [5.41, 5.74) is 1.25. The van der Waals surface area contributed by atoms with Gasteiger partial charge in [-0.25, -0.2) is 19.2 Å². The van der Waals surface area contributed by atoms with Gasteiger partial charge in [-0.05, 0) is 22.4 Å². The van der Waals surface area contributed by atoms with E-state index in [2.05, 4.69) is 63.1 Å². The molecule has 0 aliphatic carbocycles. The van der Waals surface area contributed by atoms with Crippen LogP contribution in [0.2, 0.25) is 0 Å². The zero-order valence-corrected chi connectivity index (χ0v) is 21.8. The van der Waals surface area contributed by atoms with E-state index in [1.807, 2.05) is 4.57 Å². The number of aromatic amines is 1. The number of aromatic nitrogens is 10. The van der Waals surface area contributed by atoms with Crippen molar-refractivity contribution in [2.24, 2.45) is 0 Å². The lowest BCUT2D eigenvalue weighted by atomic mass is 10.2. The van der Waals surface area contributed by atoms with Gasteiger partial charge in [0.25, 0.3) is 5.56 Å². The number of H-pyrrole nitrogens is 1. The van der Waals surface area contributed by atoms with Crippen LogP contribution in [0.3, 0.4) is 0 Å². The molecule has 0 amide bonds. The van der Waals surface area contributed by atoms with E-state index in [0.717, 1.165) is 19.3 Å². The number of aliphatic carboxylic acids is 1. The Hall–Kier alpha value is -4.22. The fourth-order valence-electron chi connectivity index (χ4n) is 3.56. The van der Waals surface area contributed by atoms with Gasteiger partial charge in [0.1, 0.15) is 11.5 Å². The summed E-state index contributed by atoms with van der Waals surface area (Å²) in [4.78, 5) is 42.0. The van der Waals surface area contributed by atoms with Crippen molar-refractivity contribution < 1.29 is 27.6 Å².